The Labute approximate surface area is 229 Å². The maximum absolute atomic E-state index is 14.2. The van der Waals surface area contributed by atoms with Crippen LogP contribution in [0.15, 0.2) is 36.5 Å². The molecule has 0 bridgehead atoms. The van der Waals surface area contributed by atoms with Gasteiger partial charge in [-0.2, -0.15) is 18.3 Å². The topological polar surface area (TPSA) is 87.1 Å². The zero-order chi connectivity index (χ0) is 28.8. The van der Waals surface area contributed by atoms with Crippen molar-refractivity contribution in [2.45, 2.75) is 44.1 Å². The van der Waals surface area contributed by atoms with Gasteiger partial charge < -0.3 is 29.2 Å². The molecule has 214 valence electrons. The fourth-order valence-corrected chi connectivity index (χ4v) is 5.58. The molecule has 2 aliphatic heterocycles. The van der Waals surface area contributed by atoms with Gasteiger partial charge in [-0.25, -0.2) is 4.68 Å². The summed E-state index contributed by atoms with van der Waals surface area (Å²) in [7, 11) is 6.05. The number of halogens is 3. The van der Waals surface area contributed by atoms with E-state index in [-0.39, 0.29) is 23.8 Å². The molecular formula is C28H31F3N4O5. The van der Waals surface area contributed by atoms with E-state index in [4.69, 9.17) is 18.9 Å². The zero-order valence-electron chi connectivity index (χ0n) is 22.8. The van der Waals surface area contributed by atoms with Gasteiger partial charge in [0, 0.05) is 13.0 Å². The molecule has 1 amide bonds. The number of nitrogens with one attached hydrogen (secondary N) is 1. The van der Waals surface area contributed by atoms with Crippen LogP contribution in [-0.4, -0.2) is 61.7 Å². The first kappa shape index (κ1) is 27.5. The van der Waals surface area contributed by atoms with Gasteiger partial charge in [-0.15, -0.1) is 0 Å². The zero-order valence-corrected chi connectivity index (χ0v) is 22.8. The fourth-order valence-electron chi connectivity index (χ4n) is 5.58. The van der Waals surface area contributed by atoms with Gasteiger partial charge in [0.25, 0.3) is 5.91 Å². The Morgan fingerprint density at radius 3 is 2.27 bits per heavy atom. The maximum Gasteiger partial charge on any atom is 0.410 e. The molecular weight excluding hydrogens is 529 g/mol. The smallest absolute Gasteiger partial charge is 0.410 e. The number of hydrogen-bond acceptors (Lipinski definition) is 7. The lowest BCUT2D eigenvalue weighted by atomic mass is 9.92. The standard InChI is InChI=1S/C28H31F3N4O5/c1-15-18-12-24(40-5)23(39-4)10-16(18)8-9-34(15)27(36)19-14-32-35-25(28(29,30)31)13-20(33-26(19)35)17-6-7-21(37-2)22(11-17)38-3/h6-7,10-12,14-15,20,25,33H,8-9,13H2,1-5H3/t15-,20-,25+/m1/s1. The molecule has 9 nitrogen and oxygen atoms in total. The highest BCUT2D eigenvalue weighted by atomic mass is 19.4. The predicted octanol–water partition coefficient (Wildman–Crippen LogP) is 5.34. The van der Waals surface area contributed by atoms with Crippen molar-refractivity contribution in [3.05, 3.63) is 58.8 Å². The molecule has 3 atom stereocenters. The number of benzene rings is 2. The SMILES string of the molecule is COc1ccc([C@H]2C[C@@H](C(F)(F)F)n3ncc(C(=O)N4CCc5cc(OC)c(OC)cc5[C@H]4C)c3N2)cc1OC. The molecule has 0 fully saturated rings. The number of aromatic nitrogens is 2. The van der Waals surface area contributed by atoms with Crippen LogP contribution in [0.1, 0.15) is 58.5 Å². The largest absolute Gasteiger partial charge is 0.493 e. The van der Waals surface area contributed by atoms with Crippen molar-refractivity contribution in [1.29, 1.82) is 0 Å². The third kappa shape index (κ3) is 4.65. The van der Waals surface area contributed by atoms with Crippen molar-refractivity contribution in [1.82, 2.24) is 14.7 Å². The molecule has 5 rings (SSSR count). The van der Waals surface area contributed by atoms with Crippen LogP contribution in [0.25, 0.3) is 0 Å². The number of alkyl halides is 3. The molecule has 2 aromatic carbocycles. The van der Waals surface area contributed by atoms with Gasteiger partial charge in [0.1, 0.15) is 11.4 Å². The highest BCUT2D eigenvalue weighted by Crippen LogP contribution is 2.46. The lowest BCUT2D eigenvalue weighted by Crippen LogP contribution is -2.40. The monoisotopic (exact) mass is 560 g/mol. The van der Waals surface area contributed by atoms with E-state index in [0.717, 1.165) is 15.8 Å². The van der Waals surface area contributed by atoms with Crippen LogP contribution in [0, 0.1) is 0 Å². The second-order valence-electron chi connectivity index (χ2n) is 9.79. The molecule has 0 saturated carbocycles. The quantitative estimate of drug-likeness (QED) is 0.436. The summed E-state index contributed by atoms with van der Waals surface area (Å²) in [5.41, 5.74) is 2.56. The molecule has 0 spiro atoms. The second kappa shape index (κ2) is 10.5. The molecule has 2 aliphatic rings. The number of ether oxygens (including phenoxy) is 4. The van der Waals surface area contributed by atoms with Gasteiger partial charge in [-0.1, -0.05) is 6.07 Å². The second-order valence-corrected chi connectivity index (χ2v) is 9.79. The number of carbonyl (C=O) groups is 1. The van der Waals surface area contributed by atoms with Gasteiger partial charge >= 0.3 is 6.18 Å². The average Bonchev–Trinajstić information content (AvgIpc) is 3.39. The summed E-state index contributed by atoms with van der Waals surface area (Å²) in [5, 5.41) is 7.19. The average molecular weight is 561 g/mol. The van der Waals surface area contributed by atoms with E-state index in [1.807, 2.05) is 19.1 Å². The molecule has 3 aromatic rings. The number of amides is 1. The summed E-state index contributed by atoms with van der Waals surface area (Å²) in [6.07, 6.45) is -3.11. The fraction of sp³-hybridized carbons (Fsp3) is 0.429. The van der Waals surface area contributed by atoms with Gasteiger partial charge in [0.15, 0.2) is 29.0 Å². The number of hydrogen-bond donors (Lipinski definition) is 1. The van der Waals surface area contributed by atoms with Crippen LogP contribution in [0.3, 0.4) is 0 Å². The lowest BCUT2D eigenvalue weighted by molar-refractivity contribution is -0.173. The summed E-state index contributed by atoms with van der Waals surface area (Å²) < 4.78 is 65.1. The third-order valence-electron chi connectivity index (χ3n) is 7.72. The van der Waals surface area contributed by atoms with Crippen LogP contribution < -0.4 is 24.3 Å². The van der Waals surface area contributed by atoms with Gasteiger partial charge in [-0.3, -0.25) is 4.79 Å². The first-order valence-electron chi connectivity index (χ1n) is 12.8. The van der Waals surface area contributed by atoms with E-state index in [1.165, 1.54) is 27.5 Å². The minimum Gasteiger partial charge on any atom is -0.493 e. The van der Waals surface area contributed by atoms with Crippen LogP contribution in [0.5, 0.6) is 23.0 Å². The Hall–Kier alpha value is -4.09. The Morgan fingerprint density at radius 2 is 1.62 bits per heavy atom. The number of fused-ring (bicyclic) bond motifs is 2. The Morgan fingerprint density at radius 1 is 0.975 bits per heavy atom. The van der Waals surface area contributed by atoms with Crippen LogP contribution in [-0.2, 0) is 6.42 Å². The van der Waals surface area contributed by atoms with Crippen LogP contribution in [0.2, 0.25) is 0 Å². The molecule has 1 N–H and O–H groups in total. The highest BCUT2D eigenvalue weighted by molar-refractivity contribution is 5.99. The van der Waals surface area contributed by atoms with E-state index in [2.05, 4.69) is 10.4 Å². The molecule has 0 radical (unpaired) electrons. The lowest BCUT2D eigenvalue weighted by Gasteiger charge is -2.37. The van der Waals surface area contributed by atoms with Crippen LogP contribution in [0.4, 0.5) is 19.0 Å². The highest BCUT2D eigenvalue weighted by Gasteiger charge is 2.48. The summed E-state index contributed by atoms with van der Waals surface area (Å²) in [6, 6.07) is 5.70. The summed E-state index contributed by atoms with van der Waals surface area (Å²) in [5.74, 6) is 1.62. The molecule has 0 saturated heterocycles. The van der Waals surface area contributed by atoms with E-state index in [0.29, 0.717) is 41.5 Å². The van der Waals surface area contributed by atoms with Gasteiger partial charge in [0.05, 0.1) is 46.7 Å². The minimum atomic E-state index is -4.58. The Kier molecular flexibility index (Phi) is 7.19. The molecule has 3 heterocycles. The number of anilines is 1. The van der Waals surface area contributed by atoms with Crippen molar-refractivity contribution < 1.29 is 36.9 Å². The Balaban J connectivity index is 1.50. The molecule has 0 aliphatic carbocycles. The van der Waals surface area contributed by atoms with Crippen LogP contribution >= 0.6 is 0 Å². The molecule has 40 heavy (non-hydrogen) atoms. The number of carbonyl (C=O) groups excluding carboxylic acids is 1. The first-order chi connectivity index (χ1) is 19.1. The van der Waals surface area contributed by atoms with Gasteiger partial charge in [0.2, 0.25) is 0 Å². The summed E-state index contributed by atoms with van der Waals surface area (Å²) in [6.45, 7) is 2.27. The minimum absolute atomic E-state index is 0.0312. The van der Waals surface area contributed by atoms with E-state index in [1.54, 1.807) is 30.2 Å². The maximum atomic E-state index is 14.2. The summed E-state index contributed by atoms with van der Waals surface area (Å²) >= 11 is 0. The number of methoxy groups -OCH3 is 4. The van der Waals surface area contributed by atoms with Crippen molar-refractivity contribution in [2.75, 3.05) is 40.3 Å². The van der Waals surface area contributed by atoms with E-state index >= 15 is 0 Å². The number of nitrogens with zero attached hydrogens (tertiary/aromatic N) is 3. The normalized spacial score (nSPS) is 20.2. The predicted molar refractivity (Wildman–Crippen MR) is 141 cm³/mol. The van der Waals surface area contributed by atoms with Gasteiger partial charge in [-0.05, 0) is 54.3 Å². The van der Waals surface area contributed by atoms with Crippen molar-refractivity contribution in [3.8, 4) is 23.0 Å². The van der Waals surface area contributed by atoms with E-state index in [9.17, 15) is 18.0 Å². The molecule has 0 unspecified atom stereocenters. The Bertz CT molecular complexity index is 1420. The first-order valence-corrected chi connectivity index (χ1v) is 12.8. The van der Waals surface area contributed by atoms with Crippen molar-refractivity contribution in [2.24, 2.45) is 0 Å². The third-order valence-corrected chi connectivity index (χ3v) is 7.72. The molecule has 1 aromatic heterocycles. The van der Waals surface area contributed by atoms with E-state index < -0.39 is 24.2 Å². The summed E-state index contributed by atoms with van der Waals surface area (Å²) in [4.78, 5) is 15.5. The molecule has 12 heteroatoms. The number of rotatable bonds is 6. The van der Waals surface area contributed by atoms with Crippen molar-refractivity contribution >= 4 is 11.7 Å². The van der Waals surface area contributed by atoms with Crippen molar-refractivity contribution in [3.63, 3.8) is 0 Å².